The summed E-state index contributed by atoms with van der Waals surface area (Å²) in [6.07, 6.45) is 6.36. The van der Waals surface area contributed by atoms with Crippen molar-refractivity contribution >= 4 is 34.0 Å². The Morgan fingerprint density at radius 2 is 2.08 bits per heavy atom. The van der Waals surface area contributed by atoms with E-state index < -0.39 is 6.09 Å². The van der Waals surface area contributed by atoms with Crippen LogP contribution in [-0.4, -0.2) is 30.2 Å². The maximum absolute atomic E-state index is 12.7. The first-order valence-corrected chi connectivity index (χ1v) is 13.0. The fourth-order valence-electron chi connectivity index (χ4n) is 4.28. The van der Waals surface area contributed by atoms with Gasteiger partial charge in [0.25, 0.3) is 0 Å². The molecule has 0 fully saturated rings. The molecule has 1 atom stereocenters. The predicted octanol–water partition coefficient (Wildman–Crippen LogP) is 4.73. The lowest BCUT2D eigenvalue weighted by atomic mass is 9.89. The van der Waals surface area contributed by atoms with Gasteiger partial charge in [0, 0.05) is 30.2 Å². The van der Waals surface area contributed by atoms with Gasteiger partial charge in [0.1, 0.15) is 10.8 Å². The largest absolute Gasteiger partial charge is 0.494 e. The van der Waals surface area contributed by atoms with Crippen molar-refractivity contribution in [2.24, 2.45) is 5.92 Å². The van der Waals surface area contributed by atoms with E-state index in [0.29, 0.717) is 43.3 Å². The Labute approximate surface area is 215 Å². The number of nitrogens with zero attached hydrogens (tertiary/aromatic N) is 1. The summed E-state index contributed by atoms with van der Waals surface area (Å²) >= 11 is 1.52. The normalized spacial score (nSPS) is 14.5. The van der Waals surface area contributed by atoms with Crippen LogP contribution < -0.4 is 21.1 Å². The summed E-state index contributed by atoms with van der Waals surface area (Å²) in [5, 5.41) is 6.46. The number of thiophene rings is 1. The number of aryl methyl sites for hydroxylation is 1. The van der Waals surface area contributed by atoms with Crippen LogP contribution in [0.1, 0.15) is 41.3 Å². The molecule has 8 nitrogen and oxygen atoms in total. The molecule has 0 aliphatic heterocycles. The van der Waals surface area contributed by atoms with Gasteiger partial charge in [-0.15, -0.1) is 11.3 Å². The Bertz CT molecular complexity index is 1180. The molecule has 9 heteroatoms. The molecule has 1 unspecified atom stereocenters. The highest BCUT2D eigenvalue weighted by molar-refractivity contribution is 7.17. The lowest BCUT2D eigenvalue weighted by molar-refractivity contribution is -0.116. The summed E-state index contributed by atoms with van der Waals surface area (Å²) in [5.41, 5.74) is 10.1. The molecular formula is C27H32N4O4S. The van der Waals surface area contributed by atoms with E-state index in [4.69, 9.17) is 15.2 Å². The SMILES string of the molecule is CCOc1ccccc1CCC(=O)Nc1sc2c(c1N)CCC(COC(=O)NCc1cccnc1)C2. The van der Waals surface area contributed by atoms with Crippen LogP contribution >= 0.6 is 11.3 Å². The van der Waals surface area contributed by atoms with Gasteiger partial charge in [0.2, 0.25) is 5.91 Å². The van der Waals surface area contributed by atoms with Crippen LogP contribution in [0.3, 0.4) is 0 Å². The van der Waals surface area contributed by atoms with E-state index >= 15 is 0 Å². The number of nitrogens with one attached hydrogen (secondary N) is 2. The number of benzene rings is 1. The Morgan fingerprint density at radius 3 is 2.89 bits per heavy atom. The molecule has 1 aromatic carbocycles. The highest BCUT2D eigenvalue weighted by Crippen LogP contribution is 2.41. The van der Waals surface area contributed by atoms with E-state index in [1.807, 2.05) is 43.3 Å². The van der Waals surface area contributed by atoms with Gasteiger partial charge in [-0.25, -0.2) is 4.79 Å². The fourth-order valence-corrected chi connectivity index (χ4v) is 5.58. The first kappa shape index (κ1) is 25.5. The van der Waals surface area contributed by atoms with Crippen molar-refractivity contribution in [2.45, 2.75) is 45.6 Å². The molecule has 0 bridgehead atoms. The predicted molar refractivity (Wildman–Crippen MR) is 141 cm³/mol. The van der Waals surface area contributed by atoms with E-state index in [2.05, 4.69) is 15.6 Å². The number of nitrogen functional groups attached to an aromatic ring is 1. The summed E-state index contributed by atoms with van der Waals surface area (Å²) in [4.78, 5) is 29.9. The molecule has 3 aromatic rings. The average Bonchev–Trinajstić information content (AvgIpc) is 3.20. The number of para-hydroxylation sites is 1. The first-order valence-electron chi connectivity index (χ1n) is 12.2. The number of aromatic nitrogens is 1. The topological polar surface area (TPSA) is 116 Å². The van der Waals surface area contributed by atoms with Gasteiger partial charge in [-0.3, -0.25) is 9.78 Å². The Hall–Kier alpha value is -3.59. The number of fused-ring (bicyclic) bond motifs is 1. The van der Waals surface area contributed by atoms with E-state index in [-0.39, 0.29) is 11.8 Å². The molecule has 0 saturated carbocycles. The van der Waals surface area contributed by atoms with Gasteiger partial charge in [-0.2, -0.15) is 0 Å². The minimum Gasteiger partial charge on any atom is -0.494 e. The van der Waals surface area contributed by atoms with Crippen LogP contribution in [0.25, 0.3) is 0 Å². The quantitative estimate of drug-likeness (QED) is 0.365. The summed E-state index contributed by atoms with van der Waals surface area (Å²) < 4.78 is 11.1. The number of nitrogens with two attached hydrogens (primary N) is 1. The van der Waals surface area contributed by atoms with Crippen molar-refractivity contribution in [3.8, 4) is 5.75 Å². The molecular weight excluding hydrogens is 476 g/mol. The van der Waals surface area contributed by atoms with Crippen molar-refractivity contribution in [2.75, 3.05) is 24.3 Å². The number of rotatable bonds is 10. The third kappa shape index (κ3) is 6.75. The zero-order valence-corrected chi connectivity index (χ0v) is 21.2. The molecule has 0 spiro atoms. The molecule has 4 rings (SSSR count). The van der Waals surface area contributed by atoms with Crippen molar-refractivity contribution in [1.82, 2.24) is 10.3 Å². The fraction of sp³-hybridized carbons (Fsp3) is 0.370. The number of hydrogen-bond acceptors (Lipinski definition) is 7. The van der Waals surface area contributed by atoms with Crippen LogP contribution in [0, 0.1) is 5.92 Å². The monoisotopic (exact) mass is 508 g/mol. The van der Waals surface area contributed by atoms with Crippen molar-refractivity contribution < 1.29 is 19.1 Å². The number of hydrogen-bond donors (Lipinski definition) is 3. The summed E-state index contributed by atoms with van der Waals surface area (Å²) in [5.74, 6) is 0.966. The lowest BCUT2D eigenvalue weighted by Crippen LogP contribution is -2.27. The van der Waals surface area contributed by atoms with Crippen LogP contribution in [0.15, 0.2) is 48.8 Å². The summed E-state index contributed by atoms with van der Waals surface area (Å²) in [6, 6.07) is 11.5. The van der Waals surface area contributed by atoms with Crippen molar-refractivity contribution in [3.05, 3.63) is 70.4 Å². The third-order valence-corrected chi connectivity index (χ3v) is 7.35. The van der Waals surface area contributed by atoms with Crippen molar-refractivity contribution in [3.63, 3.8) is 0 Å². The number of amides is 2. The van der Waals surface area contributed by atoms with Crippen molar-refractivity contribution in [1.29, 1.82) is 0 Å². The van der Waals surface area contributed by atoms with Gasteiger partial charge in [-0.05, 0) is 67.3 Å². The Morgan fingerprint density at radius 1 is 1.22 bits per heavy atom. The van der Waals surface area contributed by atoms with E-state index in [1.165, 1.54) is 11.3 Å². The summed E-state index contributed by atoms with van der Waals surface area (Å²) in [6.45, 7) is 3.25. The summed E-state index contributed by atoms with van der Waals surface area (Å²) in [7, 11) is 0. The Kier molecular flexibility index (Phi) is 8.78. The number of carbonyl (C=O) groups is 2. The van der Waals surface area contributed by atoms with Crippen LogP contribution in [-0.2, 0) is 35.3 Å². The zero-order chi connectivity index (χ0) is 25.3. The minimum absolute atomic E-state index is 0.0724. The van der Waals surface area contributed by atoms with Gasteiger partial charge < -0.3 is 25.8 Å². The maximum atomic E-state index is 12.7. The molecule has 0 radical (unpaired) electrons. The van der Waals surface area contributed by atoms with Crippen LogP contribution in [0.2, 0.25) is 0 Å². The second kappa shape index (κ2) is 12.4. The molecule has 4 N–H and O–H groups in total. The lowest BCUT2D eigenvalue weighted by Gasteiger charge is -2.22. The molecule has 1 aliphatic carbocycles. The van der Waals surface area contributed by atoms with Gasteiger partial charge >= 0.3 is 6.09 Å². The molecule has 2 aromatic heterocycles. The zero-order valence-electron chi connectivity index (χ0n) is 20.4. The highest BCUT2D eigenvalue weighted by atomic mass is 32.1. The third-order valence-electron chi connectivity index (χ3n) is 6.16. The molecule has 190 valence electrons. The number of ether oxygens (including phenoxy) is 2. The standard InChI is InChI=1S/C27H32N4O4S/c1-2-34-22-8-4-3-7-20(22)10-12-24(32)31-26-25(28)21-11-9-18(14-23(21)36-26)17-35-27(33)30-16-19-6-5-13-29-15-19/h3-8,13,15,18H,2,9-12,14,16-17,28H2,1H3,(H,30,33)(H,31,32). The van der Waals surface area contributed by atoms with Gasteiger partial charge in [-0.1, -0.05) is 24.3 Å². The number of anilines is 2. The molecule has 2 amide bonds. The maximum Gasteiger partial charge on any atom is 0.407 e. The Balaban J connectivity index is 1.25. The minimum atomic E-state index is -0.436. The van der Waals surface area contributed by atoms with Crippen LogP contribution in [0.4, 0.5) is 15.5 Å². The number of alkyl carbamates (subject to hydrolysis) is 1. The van der Waals surface area contributed by atoms with Gasteiger partial charge in [0.05, 0.1) is 18.9 Å². The second-order valence-corrected chi connectivity index (χ2v) is 9.86. The van der Waals surface area contributed by atoms with Gasteiger partial charge in [0.15, 0.2) is 0 Å². The number of carbonyl (C=O) groups excluding carboxylic acids is 2. The highest BCUT2D eigenvalue weighted by Gasteiger charge is 2.26. The molecule has 2 heterocycles. The number of pyridine rings is 1. The molecule has 0 saturated heterocycles. The molecule has 1 aliphatic rings. The average molecular weight is 509 g/mol. The van der Waals surface area contributed by atoms with Crippen LogP contribution in [0.5, 0.6) is 5.75 Å². The smallest absolute Gasteiger partial charge is 0.407 e. The van der Waals surface area contributed by atoms with E-state index in [1.54, 1.807) is 12.4 Å². The second-order valence-electron chi connectivity index (χ2n) is 8.76. The molecule has 36 heavy (non-hydrogen) atoms. The van der Waals surface area contributed by atoms with E-state index in [0.717, 1.165) is 46.6 Å². The van der Waals surface area contributed by atoms with E-state index in [9.17, 15) is 9.59 Å². The first-order chi connectivity index (χ1) is 17.5.